The first-order chi connectivity index (χ1) is 10.1. The number of hydrogen-bond donors (Lipinski definition) is 0. The molecule has 0 unspecified atom stereocenters. The average Bonchev–Trinajstić information content (AvgIpc) is 2.81. The highest BCUT2D eigenvalue weighted by molar-refractivity contribution is 6.01. The first kappa shape index (κ1) is 15.0. The van der Waals surface area contributed by atoms with Gasteiger partial charge < -0.3 is 14.0 Å². The van der Waals surface area contributed by atoms with Gasteiger partial charge in [-0.25, -0.2) is 4.98 Å². The van der Waals surface area contributed by atoms with E-state index in [1.807, 2.05) is 11.6 Å². The van der Waals surface area contributed by atoms with Gasteiger partial charge in [0, 0.05) is 7.05 Å². The quantitative estimate of drug-likeness (QED) is 0.620. The van der Waals surface area contributed by atoms with E-state index in [2.05, 4.69) is 4.98 Å². The maximum absolute atomic E-state index is 12.1. The molecule has 2 rings (SSSR count). The van der Waals surface area contributed by atoms with Gasteiger partial charge in [0.25, 0.3) is 0 Å². The Balaban J connectivity index is 2.43. The summed E-state index contributed by atoms with van der Waals surface area (Å²) in [7, 11) is 1.85. The summed E-state index contributed by atoms with van der Waals surface area (Å²) in [5.74, 6) is -2.26. The van der Waals surface area contributed by atoms with Gasteiger partial charge in [-0.05, 0) is 31.5 Å². The van der Waals surface area contributed by atoms with Crippen molar-refractivity contribution in [1.29, 1.82) is 0 Å². The largest absolute Gasteiger partial charge is 0.465 e. The van der Waals surface area contributed by atoms with E-state index in [-0.39, 0.29) is 13.2 Å². The molecule has 0 saturated heterocycles. The molecule has 0 saturated carbocycles. The number of aromatic nitrogens is 2. The van der Waals surface area contributed by atoms with E-state index in [1.165, 1.54) is 0 Å². The lowest BCUT2D eigenvalue weighted by molar-refractivity contribution is -0.156. The normalized spacial score (nSPS) is 10.9. The van der Waals surface area contributed by atoms with Crippen LogP contribution in [0.25, 0.3) is 11.0 Å². The number of hydrogen-bond acceptors (Lipinski definition) is 5. The second-order valence-electron chi connectivity index (χ2n) is 4.54. The third kappa shape index (κ3) is 3.04. The van der Waals surface area contributed by atoms with Crippen molar-refractivity contribution in [2.45, 2.75) is 19.8 Å². The second kappa shape index (κ2) is 6.39. The van der Waals surface area contributed by atoms with E-state index < -0.39 is 17.9 Å². The van der Waals surface area contributed by atoms with Crippen LogP contribution in [0.5, 0.6) is 0 Å². The zero-order valence-corrected chi connectivity index (χ0v) is 12.3. The third-order valence-corrected chi connectivity index (χ3v) is 3.13. The van der Waals surface area contributed by atoms with Crippen LogP contribution in [0.3, 0.4) is 0 Å². The van der Waals surface area contributed by atoms with Crippen molar-refractivity contribution >= 4 is 23.0 Å². The van der Waals surface area contributed by atoms with Crippen molar-refractivity contribution < 1.29 is 19.1 Å². The third-order valence-electron chi connectivity index (χ3n) is 3.13. The highest BCUT2D eigenvalue weighted by atomic mass is 16.6. The molecule has 0 aliphatic rings. The molecule has 1 aromatic carbocycles. The van der Waals surface area contributed by atoms with Crippen LogP contribution in [-0.2, 0) is 26.1 Å². The zero-order chi connectivity index (χ0) is 15.4. The van der Waals surface area contributed by atoms with Crippen LogP contribution in [-0.4, -0.2) is 34.7 Å². The minimum Gasteiger partial charge on any atom is -0.465 e. The number of ether oxygens (including phenoxy) is 2. The topological polar surface area (TPSA) is 70.4 Å². The molecule has 1 heterocycles. The Kier molecular flexibility index (Phi) is 4.57. The van der Waals surface area contributed by atoms with Gasteiger partial charge in [0.2, 0.25) is 0 Å². The van der Waals surface area contributed by atoms with Crippen LogP contribution in [0.15, 0.2) is 24.5 Å². The molecule has 0 aliphatic carbocycles. The molecule has 0 amide bonds. The molecule has 0 fully saturated rings. The van der Waals surface area contributed by atoms with Gasteiger partial charge in [-0.2, -0.15) is 0 Å². The Hall–Kier alpha value is -2.37. The lowest BCUT2D eigenvalue weighted by Gasteiger charge is -2.14. The van der Waals surface area contributed by atoms with Crippen molar-refractivity contribution in [3.63, 3.8) is 0 Å². The van der Waals surface area contributed by atoms with Crippen LogP contribution in [0.1, 0.15) is 25.3 Å². The van der Waals surface area contributed by atoms with Gasteiger partial charge in [0.05, 0.1) is 30.6 Å². The Labute approximate surface area is 122 Å². The maximum Gasteiger partial charge on any atom is 0.324 e. The summed E-state index contributed by atoms with van der Waals surface area (Å²) in [5, 5.41) is 0. The number of rotatable bonds is 5. The molecule has 0 radical (unpaired) electrons. The highest BCUT2D eigenvalue weighted by Crippen LogP contribution is 2.23. The molecule has 0 aliphatic heterocycles. The summed E-state index contributed by atoms with van der Waals surface area (Å²) in [6.45, 7) is 3.82. The number of nitrogens with zero attached hydrogens (tertiary/aromatic N) is 2. The lowest BCUT2D eigenvalue weighted by atomic mass is 9.98. The number of carbonyl (C=O) groups is 2. The summed E-state index contributed by atoms with van der Waals surface area (Å²) in [5.41, 5.74) is 2.18. The molecule has 0 bridgehead atoms. The van der Waals surface area contributed by atoms with Gasteiger partial charge in [-0.15, -0.1) is 0 Å². The molecule has 0 spiro atoms. The predicted octanol–water partition coefficient (Wildman–Crippen LogP) is 1.78. The fourth-order valence-corrected chi connectivity index (χ4v) is 2.14. The summed E-state index contributed by atoms with van der Waals surface area (Å²) in [6.07, 6.45) is 1.68. The number of imidazole rings is 1. The van der Waals surface area contributed by atoms with Crippen LogP contribution >= 0.6 is 0 Å². The molecule has 112 valence electrons. The first-order valence-corrected chi connectivity index (χ1v) is 6.82. The van der Waals surface area contributed by atoms with E-state index in [4.69, 9.17) is 9.47 Å². The molecular formula is C15H18N2O4. The SMILES string of the molecule is CCOC(=O)C(C(=O)OCC)c1ccc2ncn(C)c2c1. The monoisotopic (exact) mass is 290 g/mol. The molecule has 1 aromatic heterocycles. The summed E-state index contributed by atoms with van der Waals surface area (Å²) in [6, 6.07) is 5.24. The Morgan fingerprint density at radius 3 is 2.38 bits per heavy atom. The molecule has 0 N–H and O–H groups in total. The van der Waals surface area contributed by atoms with Gasteiger partial charge in [-0.1, -0.05) is 6.07 Å². The van der Waals surface area contributed by atoms with Crippen molar-refractivity contribution in [3.8, 4) is 0 Å². The lowest BCUT2D eigenvalue weighted by Crippen LogP contribution is -2.26. The van der Waals surface area contributed by atoms with Gasteiger partial charge >= 0.3 is 11.9 Å². The second-order valence-corrected chi connectivity index (χ2v) is 4.54. The van der Waals surface area contributed by atoms with E-state index in [9.17, 15) is 9.59 Å². The summed E-state index contributed by atoms with van der Waals surface area (Å²) >= 11 is 0. The van der Waals surface area contributed by atoms with Crippen molar-refractivity contribution in [2.75, 3.05) is 13.2 Å². The molecule has 21 heavy (non-hydrogen) atoms. The van der Waals surface area contributed by atoms with Crippen LogP contribution in [0.2, 0.25) is 0 Å². The van der Waals surface area contributed by atoms with Crippen LogP contribution in [0, 0.1) is 0 Å². The molecule has 0 atom stereocenters. The van der Waals surface area contributed by atoms with E-state index >= 15 is 0 Å². The molecule has 6 nitrogen and oxygen atoms in total. The number of carbonyl (C=O) groups excluding carboxylic acids is 2. The van der Waals surface area contributed by atoms with Gasteiger partial charge in [-0.3, -0.25) is 9.59 Å². The number of aryl methyl sites for hydroxylation is 1. The van der Waals surface area contributed by atoms with E-state index in [0.717, 1.165) is 11.0 Å². The number of esters is 2. The van der Waals surface area contributed by atoms with Crippen molar-refractivity contribution in [2.24, 2.45) is 7.05 Å². The van der Waals surface area contributed by atoms with Gasteiger partial charge in [0.15, 0.2) is 5.92 Å². The van der Waals surface area contributed by atoms with E-state index in [1.54, 1.807) is 38.4 Å². The molecular weight excluding hydrogens is 272 g/mol. The predicted molar refractivity (Wildman–Crippen MR) is 76.7 cm³/mol. The van der Waals surface area contributed by atoms with Crippen LogP contribution in [0.4, 0.5) is 0 Å². The standard InChI is InChI=1S/C15H18N2O4/c1-4-20-14(18)13(15(19)21-5-2)10-6-7-11-12(8-10)17(3)9-16-11/h6-9,13H,4-5H2,1-3H3. The number of benzene rings is 1. The summed E-state index contributed by atoms with van der Waals surface area (Å²) in [4.78, 5) is 28.4. The average molecular weight is 290 g/mol. The van der Waals surface area contributed by atoms with Crippen molar-refractivity contribution in [3.05, 3.63) is 30.1 Å². The fourth-order valence-electron chi connectivity index (χ4n) is 2.14. The van der Waals surface area contributed by atoms with Crippen molar-refractivity contribution in [1.82, 2.24) is 9.55 Å². The minimum atomic E-state index is -1.07. The smallest absolute Gasteiger partial charge is 0.324 e. The Morgan fingerprint density at radius 2 is 1.81 bits per heavy atom. The maximum atomic E-state index is 12.1. The fraction of sp³-hybridized carbons (Fsp3) is 0.400. The van der Waals surface area contributed by atoms with E-state index in [0.29, 0.717) is 5.56 Å². The molecule has 6 heteroatoms. The Bertz CT molecular complexity index is 645. The highest BCUT2D eigenvalue weighted by Gasteiger charge is 2.31. The van der Waals surface area contributed by atoms with Crippen LogP contribution < -0.4 is 0 Å². The zero-order valence-electron chi connectivity index (χ0n) is 12.3. The number of fused-ring (bicyclic) bond motifs is 1. The first-order valence-electron chi connectivity index (χ1n) is 6.82. The van der Waals surface area contributed by atoms with Gasteiger partial charge in [0.1, 0.15) is 0 Å². The molecule has 2 aromatic rings. The Morgan fingerprint density at radius 1 is 1.19 bits per heavy atom. The minimum absolute atomic E-state index is 0.211. The summed E-state index contributed by atoms with van der Waals surface area (Å²) < 4.78 is 11.8.